The van der Waals surface area contributed by atoms with Gasteiger partial charge in [-0.25, -0.2) is 9.59 Å². The molecule has 0 bridgehead atoms. The summed E-state index contributed by atoms with van der Waals surface area (Å²) in [4.78, 5) is 31.6. The van der Waals surface area contributed by atoms with E-state index in [1.165, 1.54) is 18.2 Å². The number of esters is 1. The van der Waals surface area contributed by atoms with Gasteiger partial charge in [-0.15, -0.1) is 0 Å². The van der Waals surface area contributed by atoms with Crippen LogP contribution in [-0.4, -0.2) is 56.7 Å². The number of nitrogens with zero attached hydrogens (tertiary/aromatic N) is 1. The van der Waals surface area contributed by atoms with Crippen molar-refractivity contribution in [2.45, 2.75) is 72.2 Å². The van der Waals surface area contributed by atoms with E-state index in [1.54, 1.807) is 44.2 Å². The van der Waals surface area contributed by atoms with Crippen LogP contribution in [0.4, 0.5) is 0 Å². The number of ether oxygens (including phenoxy) is 1. The predicted octanol–water partition coefficient (Wildman–Crippen LogP) is 5.09. The Labute approximate surface area is 245 Å². The van der Waals surface area contributed by atoms with Crippen LogP contribution in [0, 0.1) is 5.92 Å². The SMILES string of the molecule is O=C(O)/C=C/C(=O)O.[2H]C([2H])([2H])C([2H])(N(CCC(c1ccccc1)c1cc(CO)ccc1OC(=O)C(C)C)C([2H])(C([2H])([2H])[2H])C([2H])([2H])[2H])C([2H])([2H])[2H]. The number of carboxylic acids is 2. The van der Waals surface area contributed by atoms with Crippen LogP contribution < -0.4 is 4.74 Å². The molecule has 0 spiro atoms. The van der Waals surface area contributed by atoms with Crippen LogP contribution in [0.5, 0.6) is 5.75 Å². The summed E-state index contributed by atoms with van der Waals surface area (Å²) >= 11 is 0. The average molecular weight is 542 g/mol. The molecule has 2 aromatic rings. The number of hydrogen-bond acceptors (Lipinski definition) is 6. The second kappa shape index (κ2) is 16.4. The minimum atomic E-state index is -3.86. The number of hydrogen-bond donors (Lipinski definition) is 3. The van der Waals surface area contributed by atoms with Crippen molar-refractivity contribution in [2.75, 3.05) is 6.54 Å². The van der Waals surface area contributed by atoms with E-state index < -0.39 is 88.8 Å². The van der Waals surface area contributed by atoms with E-state index in [2.05, 4.69) is 0 Å². The van der Waals surface area contributed by atoms with Gasteiger partial charge in [-0.1, -0.05) is 50.2 Å². The Morgan fingerprint density at radius 3 is 2.03 bits per heavy atom. The highest BCUT2D eigenvalue weighted by Gasteiger charge is 2.23. The van der Waals surface area contributed by atoms with E-state index in [0.29, 0.717) is 23.3 Å². The highest BCUT2D eigenvalue weighted by molar-refractivity contribution is 5.89. The zero-order valence-electron chi connectivity index (χ0n) is 35.0. The molecule has 0 aromatic heterocycles. The largest absolute Gasteiger partial charge is 0.478 e. The number of carboxylic acid groups (broad SMARTS) is 2. The fraction of sp³-hybridized carbons (Fsp3) is 0.433. The van der Waals surface area contributed by atoms with Gasteiger partial charge in [0.05, 0.1) is 12.5 Å². The maximum atomic E-state index is 12.6. The van der Waals surface area contributed by atoms with Gasteiger partial charge in [-0.05, 0) is 63.6 Å². The first kappa shape index (κ1) is 16.5. The number of aliphatic hydroxyl groups is 1. The normalized spacial score (nSPS) is 19.4. The van der Waals surface area contributed by atoms with Crippen molar-refractivity contribution in [3.8, 4) is 5.75 Å². The summed E-state index contributed by atoms with van der Waals surface area (Å²) in [5.41, 5.74) is 1.12. The zero-order valence-corrected chi connectivity index (χ0v) is 21.0. The number of carbonyl (C=O) groups excluding carboxylic acids is 1. The number of rotatable bonds is 12. The standard InChI is InChI=1S/C26H37NO3.C4H4O4/c1-18(2)26(29)30-25-13-12-21(17-28)16-24(25)23(22-10-8-7-9-11-22)14-15-27(19(3)4)20(5)6;5-3(6)1-2-4(7)8/h7-13,16,18-20,23,28H,14-15,17H2,1-6H3;1-2H,(H,5,6)(H,7,8)/b;2-1+/i3D3,4D3,5D3,6D3,19D,20D;. The van der Waals surface area contributed by atoms with Crippen LogP contribution in [0.1, 0.15) is 89.5 Å². The van der Waals surface area contributed by atoms with Crippen LogP contribution in [0.2, 0.25) is 0 Å². The predicted molar refractivity (Wildman–Crippen MR) is 147 cm³/mol. The van der Waals surface area contributed by atoms with E-state index >= 15 is 0 Å². The molecule has 1 unspecified atom stereocenters. The molecule has 38 heavy (non-hydrogen) atoms. The maximum Gasteiger partial charge on any atom is 0.328 e. The lowest BCUT2D eigenvalue weighted by molar-refractivity contribution is -0.138. The fourth-order valence-electron chi connectivity index (χ4n) is 3.21. The number of carbonyl (C=O) groups is 3. The molecule has 0 aliphatic carbocycles. The van der Waals surface area contributed by atoms with Crippen LogP contribution in [-0.2, 0) is 21.0 Å². The van der Waals surface area contributed by atoms with Crippen LogP contribution in [0.25, 0.3) is 0 Å². The van der Waals surface area contributed by atoms with Crippen molar-refractivity contribution >= 4 is 17.9 Å². The van der Waals surface area contributed by atoms with Crippen molar-refractivity contribution in [2.24, 2.45) is 5.92 Å². The number of benzene rings is 2. The quantitative estimate of drug-likeness (QED) is 0.193. The summed E-state index contributed by atoms with van der Waals surface area (Å²) in [5, 5.41) is 25.5. The maximum absolute atomic E-state index is 12.6. The summed E-state index contributed by atoms with van der Waals surface area (Å²) in [6, 6.07) is 4.96. The molecule has 0 aliphatic rings. The highest BCUT2D eigenvalue weighted by Crippen LogP contribution is 2.36. The Morgan fingerprint density at radius 1 is 0.974 bits per heavy atom. The van der Waals surface area contributed by atoms with Gasteiger partial charge in [0.2, 0.25) is 0 Å². The van der Waals surface area contributed by atoms with Gasteiger partial charge in [0.25, 0.3) is 0 Å². The van der Waals surface area contributed by atoms with E-state index in [-0.39, 0.29) is 16.2 Å². The lowest BCUT2D eigenvalue weighted by Crippen LogP contribution is -2.38. The summed E-state index contributed by atoms with van der Waals surface area (Å²) in [6.07, 6.45) is 0.690. The molecule has 0 radical (unpaired) electrons. The van der Waals surface area contributed by atoms with Crippen molar-refractivity contribution < 1.29 is 53.6 Å². The summed E-state index contributed by atoms with van der Waals surface area (Å²) < 4.78 is 119. The smallest absolute Gasteiger partial charge is 0.328 e. The van der Waals surface area contributed by atoms with Gasteiger partial charge >= 0.3 is 17.9 Å². The molecule has 0 amide bonds. The number of aliphatic carboxylic acids is 2. The fourth-order valence-corrected chi connectivity index (χ4v) is 3.21. The highest BCUT2D eigenvalue weighted by atomic mass is 16.5. The molecule has 2 aromatic carbocycles. The third kappa shape index (κ3) is 11.3. The second-order valence-corrected chi connectivity index (χ2v) is 8.22. The molecular weight excluding hydrogens is 486 g/mol. The van der Waals surface area contributed by atoms with Gasteiger partial charge in [0, 0.05) is 54.9 Å². The molecular formula is C30H41NO7. The minimum absolute atomic E-state index is 0.0360. The van der Waals surface area contributed by atoms with Crippen molar-refractivity contribution in [1.82, 2.24) is 4.90 Å². The van der Waals surface area contributed by atoms with Crippen LogP contribution >= 0.6 is 0 Å². The van der Waals surface area contributed by atoms with E-state index in [0.717, 1.165) is 0 Å². The number of aliphatic hydroxyl groups excluding tert-OH is 1. The van der Waals surface area contributed by atoms with Gasteiger partial charge < -0.3 is 20.1 Å². The molecule has 1 atom stereocenters. The molecule has 0 aliphatic heterocycles. The van der Waals surface area contributed by atoms with Crippen molar-refractivity contribution in [3.05, 3.63) is 77.4 Å². The molecule has 0 saturated carbocycles. The first-order valence-corrected chi connectivity index (χ1v) is 11.4. The Balaban J connectivity index is 0.00000150. The third-order valence-corrected chi connectivity index (χ3v) is 5.07. The Hall–Kier alpha value is -3.49. The lowest BCUT2D eigenvalue weighted by Gasteiger charge is -2.32. The monoisotopic (exact) mass is 541 g/mol. The zero-order chi connectivity index (χ0) is 40.7. The Bertz CT molecular complexity index is 1470. The van der Waals surface area contributed by atoms with Crippen molar-refractivity contribution in [3.63, 3.8) is 0 Å². The molecule has 2 rings (SSSR count). The van der Waals surface area contributed by atoms with E-state index in [9.17, 15) is 19.5 Å². The van der Waals surface area contributed by atoms with Crippen LogP contribution in [0.15, 0.2) is 60.7 Å². The average Bonchev–Trinajstić information content (AvgIpc) is 3.00. The van der Waals surface area contributed by atoms with Crippen molar-refractivity contribution in [1.29, 1.82) is 0 Å². The molecule has 208 valence electrons. The second-order valence-electron chi connectivity index (χ2n) is 8.22. The van der Waals surface area contributed by atoms with E-state index in [1.807, 2.05) is 0 Å². The minimum Gasteiger partial charge on any atom is -0.478 e. The molecule has 8 nitrogen and oxygen atoms in total. The van der Waals surface area contributed by atoms with E-state index in [4.69, 9.17) is 34.1 Å². The molecule has 3 N–H and O–H groups in total. The summed E-state index contributed by atoms with van der Waals surface area (Å²) in [5.74, 6) is -4.58. The third-order valence-electron chi connectivity index (χ3n) is 5.07. The molecule has 0 heterocycles. The van der Waals surface area contributed by atoms with Gasteiger partial charge in [-0.3, -0.25) is 9.69 Å². The van der Waals surface area contributed by atoms with Crippen LogP contribution in [0.3, 0.4) is 0 Å². The Morgan fingerprint density at radius 2 is 1.55 bits per heavy atom. The lowest BCUT2D eigenvalue weighted by atomic mass is 9.86. The topological polar surface area (TPSA) is 124 Å². The molecule has 0 saturated heterocycles. The Kier molecular flexibility index (Phi) is 7.10. The molecule has 0 fully saturated rings. The van der Waals surface area contributed by atoms with Gasteiger partial charge in [0.15, 0.2) is 0 Å². The molecule has 8 heteroatoms. The van der Waals surface area contributed by atoms with Gasteiger partial charge in [-0.2, -0.15) is 0 Å². The summed E-state index contributed by atoms with van der Waals surface area (Å²) in [6.45, 7) is -13.4. The summed E-state index contributed by atoms with van der Waals surface area (Å²) in [7, 11) is 0. The first-order chi connectivity index (χ1) is 23.5. The first-order valence-electron chi connectivity index (χ1n) is 18.4. The van der Waals surface area contributed by atoms with Gasteiger partial charge in [0.1, 0.15) is 5.75 Å².